The van der Waals surface area contributed by atoms with Gasteiger partial charge in [-0.3, -0.25) is 19.2 Å². The Kier molecular flexibility index (Phi) is 2.36. The van der Waals surface area contributed by atoms with Gasteiger partial charge in [0.1, 0.15) is 5.69 Å². The van der Waals surface area contributed by atoms with Crippen molar-refractivity contribution in [3.05, 3.63) is 27.0 Å². The van der Waals surface area contributed by atoms with Crippen molar-refractivity contribution < 1.29 is 0 Å². The maximum Gasteiger partial charge on any atom is 0.329 e. The Morgan fingerprint density at radius 1 is 1.53 bits per heavy atom. The first-order valence-electron chi connectivity index (χ1n) is 4.91. The highest BCUT2D eigenvalue weighted by Gasteiger charge is 2.23. The van der Waals surface area contributed by atoms with E-state index in [1.54, 1.807) is 0 Å². The smallest absolute Gasteiger partial charge is 0.329 e. The van der Waals surface area contributed by atoms with E-state index in [9.17, 15) is 9.59 Å². The minimum atomic E-state index is -0.517. The van der Waals surface area contributed by atoms with Gasteiger partial charge < -0.3 is 5.73 Å². The van der Waals surface area contributed by atoms with Gasteiger partial charge in [0.15, 0.2) is 0 Å². The molecular weight excluding hydrogens is 196 g/mol. The fraction of sp³-hybridized carbons (Fsp3) is 0.556. The molecule has 0 aromatic carbocycles. The van der Waals surface area contributed by atoms with Crippen LogP contribution in [0.4, 0.5) is 5.69 Å². The van der Waals surface area contributed by atoms with Gasteiger partial charge in [-0.15, -0.1) is 0 Å². The molecule has 2 heterocycles. The van der Waals surface area contributed by atoms with Gasteiger partial charge >= 0.3 is 5.69 Å². The topological polar surface area (TPSA) is 84.1 Å². The molecule has 1 fully saturated rings. The van der Waals surface area contributed by atoms with Gasteiger partial charge in [0.05, 0.1) is 6.17 Å². The molecule has 3 N–H and O–H groups in total. The number of anilines is 1. The molecule has 1 atom stereocenters. The number of hydrogen-bond acceptors (Lipinski definition) is 4. The average Bonchev–Trinajstić information content (AvgIpc) is 2.58. The maximum atomic E-state index is 11.6. The summed E-state index contributed by atoms with van der Waals surface area (Å²) in [5.41, 5.74) is 4.65. The van der Waals surface area contributed by atoms with Crippen molar-refractivity contribution in [1.82, 2.24) is 14.5 Å². The Morgan fingerprint density at radius 2 is 2.27 bits per heavy atom. The van der Waals surface area contributed by atoms with Gasteiger partial charge in [-0.05, 0) is 26.4 Å². The molecule has 1 saturated heterocycles. The number of nitrogens with one attached hydrogen (secondary N) is 1. The minimum absolute atomic E-state index is 0.0108. The third-order valence-corrected chi connectivity index (χ3v) is 2.80. The van der Waals surface area contributed by atoms with Crippen LogP contribution in [-0.2, 0) is 0 Å². The molecule has 0 bridgehead atoms. The molecule has 0 aliphatic carbocycles. The van der Waals surface area contributed by atoms with Gasteiger partial charge in [-0.1, -0.05) is 0 Å². The molecule has 1 aromatic heterocycles. The van der Waals surface area contributed by atoms with Crippen LogP contribution in [0.3, 0.4) is 0 Å². The van der Waals surface area contributed by atoms with E-state index in [1.165, 1.54) is 10.8 Å². The van der Waals surface area contributed by atoms with Crippen molar-refractivity contribution in [2.24, 2.45) is 0 Å². The van der Waals surface area contributed by atoms with Crippen LogP contribution in [0.25, 0.3) is 0 Å². The van der Waals surface area contributed by atoms with Crippen LogP contribution < -0.4 is 17.0 Å². The summed E-state index contributed by atoms with van der Waals surface area (Å²) in [5, 5.41) is 0. The standard InChI is InChI=1S/C9H14N4O2/c1-12-4-2-3-7(12)13-5-6(10)8(14)11-9(13)15/h5,7H,2-4,10H2,1H3,(H,11,14,15). The molecule has 15 heavy (non-hydrogen) atoms. The molecule has 0 radical (unpaired) electrons. The van der Waals surface area contributed by atoms with Crippen molar-refractivity contribution in [3.8, 4) is 0 Å². The Labute approximate surface area is 86.3 Å². The Morgan fingerprint density at radius 3 is 2.87 bits per heavy atom. The number of nitrogen functional groups attached to an aromatic ring is 1. The molecule has 2 rings (SSSR count). The number of aromatic amines is 1. The first-order valence-corrected chi connectivity index (χ1v) is 4.91. The van der Waals surface area contributed by atoms with Gasteiger partial charge in [0.25, 0.3) is 5.56 Å². The number of aromatic nitrogens is 2. The van der Waals surface area contributed by atoms with Gasteiger partial charge in [-0.2, -0.15) is 0 Å². The van der Waals surface area contributed by atoms with Crippen molar-refractivity contribution in [2.75, 3.05) is 19.3 Å². The summed E-state index contributed by atoms with van der Waals surface area (Å²) >= 11 is 0. The van der Waals surface area contributed by atoms with E-state index >= 15 is 0 Å². The van der Waals surface area contributed by atoms with E-state index in [4.69, 9.17) is 5.73 Å². The predicted octanol–water partition coefficient (Wildman–Crippen LogP) is -0.657. The SMILES string of the molecule is CN1CCCC1n1cc(N)c(=O)[nH]c1=O. The fourth-order valence-corrected chi connectivity index (χ4v) is 1.97. The number of nitrogens with two attached hydrogens (primary N) is 1. The molecule has 1 aromatic rings. The normalized spacial score (nSPS) is 22.1. The number of nitrogens with zero attached hydrogens (tertiary/aromatic N) is 2. The lowest BCUT2D eigenvalue weighted by Gasteiger charge is -2.21. The van der Waals surface area contributed by atoms with E-state index in [0.717, 1.165) is 19.4 Å². The first-order chi connectivity index (χ1) is 7.09. The summed E-state index contributed by atoms with van der Waals surface area (Å²) in [4.78, 5) is 26.9. The number of H-pyrrole nitrogens is 1. The van der Waals surface area contributed by atoms with Crippen LogP contribution in [-0.4, -0.2) is 28.0 Å². The van der Waals surface area contributed by atoms with Gasteiger partial charge in [0.2, 0.25) is 0 Å². The molecule has 1 unspecified atom stereocenters. The number of likely N-dealkylation sites (tertiary alicyclic amines) is 1. The number of rotatable bonds is 1. The van der Waals surface area contributed by atoms with Crippen LogP contribution in [0.15, 0.2) is 15.8 Å². The highest BCUT2D eigenvalue weighted by atomic mass is 16.2. The quantitative estimate of drug-likeness (QED) is 0.644. The predicted molar refractivity (Wildman–Crippen MR) is 56.6 cm³/mol. The summed E-state index contributed by atoms with van der Waals surface area (Å²) in [6.45, 7) is 0.955. The van der Waals surface area contributed by atoms with Crippen LogP contribution in [0, 0.1) is 0 Å². The second-order valence-corrected chi connectivity index (χ2v) is 3.85. The third kappa shape index (κ3) is 1.68. The summed E-state index contributed by atoms with van der Waals surface area (Å²) < 4.78 is 1.49. The highest BCUT2D eigenvalue weighted by Crippen LogP contribution is 2.23. The minimum Gasteiger partial charge on any atom is -0.393 e. The Bertz CT molecular complexity index is 476. The molecule has 82 valence electrons. The lowest BCUT2D eigenvalue weighted by molar-refractivity contribution is 0.230. The molecule has 1 aliphatic heterocycles. The maximum absolute atomic E-state index is 11.6. The molecular formula is C9H14N4O2. The van der Waals surface area contributed by atoms with Gasteiger partial charge in [-0.25, -0.2) is 4.79 Å². The van der Waals surface area contributed by atoms with Crippen LogP contribution in [0.2, 0.25) is 0 Å². The Hall–Kier alpha value is -1.56. The van der Waals surface area contributed by atoms with E-state index in [0.29, 0.717) is 0 Å². The van der Waals surface area contributed by atoms with E-state index in [-0.39, 0.29) is 11.9 Å². The van der Waals surface area contributed by atoms with Crippen LogP contribution in [0.1, 0.15) is 19.0 Å². The largest absolute Gasteiger partial charge is 0.393 e. The molecule has 6 heteroatoms. The second-order valence-electron chi connectivity index (χ2n) is 3.85. The van der Waals surface area contributed by atoms with Crippen LogP contribution >= 0.6 is 0 Å². The zero-order chi connectivity index (χ0) is 11.0. The average molecular weight is 210 g/mol. The number of hydrogen-bond donors (Lipinski definition) is 2. The zero-order valence-electron chi connectivity index (χ0n) is 8.56. The summed E-state index contributed by atoms with van der Waals surface area (Å²) in [5.74, 6) is 0. The molecule has 1 aliphatic rings. The summed E-state index contributed by atoms with van der Waals surface area (Å²) in [6.07, 6.45) is 3.39. The van der Waals surface area contributed by atoms with Crippen molar-refractivity contribution in [2.45, 2.75) is 19.0 Å². The van der Waals surface area contributed by atoms with Crippen molar-refractivity contribution in [1.29, 1.82) is 0 Å². The van der Waals surface area contributed by atoms with E-state index in [1.807, 2.05) is 7.05 Å². The Balaban J connectivity index is 2.48. The zero-order valence-corrected chi connectivity index (χ0v) is 8.56. The fourth-order valence-electron chi connectivity index (χ4n) is 1.97. The molecule has 0 saturated carbocycles. The molecule has 6 nitrogen and oxygen atoms in total. The summed E-state index contributed by atoms with van der Waals surface area (Å²) in [6, 6.07) is 0. The lowest BCUT2D eigenvalue weighted by Crippen LogP contribution is -2.37. The first kappa shape index (κ1) is 9.97. The third-order valence-electron chi connectivity index (χ3n) is 2.80. The molecule has 0 spiro atoms. The summed E-state index contributed by atoms with van der Waals surface area (Å²) in [7, 11) is 1.95. The van der Waals surface area contributed by atoms with E-state index in [2.05, 4.69) is 9.88 Å². The second kappa shape index (κ2) is 3.54. The lowest BCUT2D eigenvalue weighted by atomic mass is 10.3. The highest BCUT2D eigenvalue weighted by molar-refractivity contribution is 5.30. The van der Waals surface area contributed by atoms with Crippen molar-refractivity contribution in [3.63, 3.8) is 0 Å². The van der Waals surface area contributed by atoms with Crippen LogP contribution in [0.5, 0.6) is 0 Å². The molecule has 0 amide bonds. The van der Waals surface area contributed by atoms with Crippen molar-refractivity contribution >= 4 is 5.69 Å². The van der Waals surface area contributed by atoms with Gasteiger partial charge in [0, 0.05) is 6.20 Å². The van der Waals surface area contributed by atoms with E-state index < -0.39 is 11.2 Å². The monoisotopic (exact) mass is 210 g/mol.